The largest absolute Gasteiger partial charge is 0.367 e. The van der Waals surface area contributed by atoms with E-state index in [0.29, 0.717) is 31.9 Å². The van der Waals surface area contributed by atoms with Crippen molar-refractivity contribution in [2.45, 2.75) is 25.9 Å². The molecule has 1 atom stereocenters. The minimum atomic E-state index is -0.698. The monoisotopic (exact) mass is 315 g/mol. The van der Waals surface area contributed by atoms with E-state index in [4.69, 9.17) is 4.74 Å². The zero-order valence-corrected chi connectivity index (χ0v) is 13.2. The number of carbonyl (C=O) groups excluding carboxylic acids is 1. The highest BCUT2D eigenvalue weighted by molar-refractivity contribution is 6.04. The van der Waals surface area contributed by atoms with Gasteiger partial charge in [0.2, 0.25) is 0 Å². The predicted octanol–water partition coefficient (Wildman–Crippen LogP) is 2.25. The van der Waals surface area contributed by atoms with Gasteiger partial charge in [-0.3, -0.25) is 4.79 Å². The molecule has 6 heteroatoms. The van der Waals surface area contributed by atoms with Crippen molar-refractivity contribution in [3.8, 4) is 6.07 Å². The van der Waals surface area contributed by atoms with E-state index >= 15 is 0 Å². The first kappa shape index (κ1) is 15.6. The molecule has 1 spiro atoms. The van der Waals surface area contributed by atoms with Crippen molar-refractivity contribution >= 4 is 11.6 Å². The van der Waals surface area contributed by atoms with Gasteiger partial charge in [-0.05, 0) is 24.6 Å². The summed E-state index contributed by atoms with van der Waals surface area (Å²) in [4.78, 5) is 18.4. The number of carbonyl (C=O) groups is 1. The maximum Gasteiger partial charge on any atom is 0.178 e. The predicted molar refractivity (Wildman–Crippen MR) is 82.2 cm³/mol. The Morgan fingerprint density at radius 1 is 1.43 bits per heavy atom. The molecule has 2 heterocycles. The van der Waals surface area contributed by atoms with E-state index in [1.807, 2.05) is 24.8 Å². The fourth-order valence-corrected chi connectivity index (χ4v) is 3.41. The molecule has 120 valence electrons. The zero-order valence-electron chi connectivity index (χ0n) is 13.2. The van der Waals surface area contributed by atoms with Gasteiger partial charge in [0.25, 0.3) is 0 Å². The van der Waals surface area contributed by atoms with Crippen molar-refractivity contribution in [2.24, 2.45) is 5.41 Å². The van der Waals surface area contributed by atoms with Crippen LogP contribution in [-0.4, -0.2) is 36.1 Å². The maximum atomic E-state index is 13.1. The first-order chi connectivity index (χ1) is 10.9. The number of morpholine rings is 1. The number of hydrogen-bond acceptors (Lipinski definition) is 5. The molecule has 2 aliphatic rings. The fourth-order valence-electron chi connectivity index (χ4n) is 3.41. The van der Waals surface area contributed by atoms with Crippen molar-refractivity contribution in [2.75, 3.05) is 24.6 Å². The molecule has 0 bridgehead atoms. The first-order valence-corrected chi connectivity index (χ1v) is 7.53. The van der Waals surface area contributed by atoms with Crippen LogP contribution in [0.5, 0.6) is 0 Å². The molecular weight excluding hydrogens is 297 g/mol. The number of ketones is 1. The summed E-state index contributed by atoms with van der Waals surface area (Å²) in [5.41, 5.74) is -1.20. The van der Waals surface area contributed by atoms with E-state index in [0.717, 1.165) is 0 Å². The van der Waals surface area contributed by atoms with E-state index in [-0.39, 0.29) is 17.2 Å². The quantitative estimate of drug-likeness (QED) is 0.795. The molecule has 0 radical (unpaired) electrons. The number of anilines is 1. The van der Waals surface area contributed by atoms with Crippen LogP contribution in [0.15, 0.2) is 30.0 Å². The van der Waals surface area contributed by atoms with Crippen LogP contribution in [-0.2, 0) is 9.53 Å². The lowest BCUT2D eigenvalue weighted by molar-refractivity contribution is -0.130. The van der Waals surface area contributed by atoms with Crippen molar-refractivity contribution in [3.63, 3.8) is 0 Å². The number of hydrogen-bond donors (Lipinski definition) is 0. The molecule has 1 aromatic heterocycles. The summed E-state index contributed by atoms with van der Waals surface area (Å²) in [6, 6.07) is 4.99. The highest BCUT2D eigenvalue weighted by Gasteiger charge is 2.48. The molecule has 1 aliphatic carbocycles. The highest BCUT2D eigenvalue weighted by Crippen LogP contribution is 2.41. The Morgan fingerprint density at radius 3 is 2.87 bits per heavy atom. The van der Waals surface area contributed by atoms with Gasteiger partial charge < -0.3 is 9.64 Å². The first-order valence-electron chi connectivity index (χ1n) is 7.53. The number of nitriles is 1. The molecule has 1 saturated heterocycles. The van der Waals surface area contributed by atoms with Crippen LogP contribution < -0.4 is 4.90 Å². The number of nitrogens with zero attached hydrogens (tertiary/aromatic N) is 3. The van der Waals surface area contributed by atoms with Gasteiger partial charge in [0.15, 0.2) is 5.78 Å². The molecular formula is C17H18FN3O2. The summed E-state index contributed by atoms with van der Waals surface area (Å²) in [5, 5.41) is 9.26. The molecule has 5 nitrogen and oxygen atoms in total. The second-order valence-electron chi connectivity index (χ2n) is 6.73. The number of aromatic nitrogens is 1. The Morgan fingerprint density at radius 2 is 2.22 bits per heavy atom. The van der Waals surface area contributed by atoms with Gasteiger partial charge in [-0.1, -0.05) is 13.8 Å². The van der Waals surface area contributed by atoms with Crippen molar-refractivity contribution in [3.05, 3.63) is 35.8 Å². The van der Waals surface area contributed by atoms with E-state index in [1.165, 1.54) is 12.3 Å². The second-order valence-corrected chi connectivity index (χ2v) is 6.73. The molecule has 1 aliphatic heterocycles. The van der Waals surface area contributed by atoms with E-state index in [1.54, 1.807) is 12.1 Å². The van der Waals surface area contributed by atoms with Crippen molar-refractivity contribution in [1.29, 1.82) is 5.26 Å². The number of Topliss-reactive ketones (excluding diaryl/α,β-unsaturated/α-hetero) is 1. The fraction of sp³-hybridized carbons (Fsp3) is 0.471. The van der Waals surface area contributed by atoms with Crippen LogP contribution in [0.1, 0.15) is 20.3 Å². The summed E-state index contributed by atoms with van der Waals surface area (Å²) in [6.07, 6.45) is 3.33. The smallest absolute Gasteiger partial charge is 0.178 e. The van der Waals surface area contributed by atoms with Crippen LogP contribution in [0.4, 0.5) is 10.2 Å². The van der Waals surface area contributed by atoms with E-state index < -0.39 is 11.0 Å². The number of ether oxygens (including phenoxy) is 1. The summed E-state index contributed by atoms with van der Waals surface area (Å²) in [5.74, 6) is 0.134. The standard InChI is InChI=1S/C17H18FN3O2/c1-16(2)10-17(7-12(8-19)15(16)22)11-21(5-6-23-17)14-4-3-13(18)9-20-14/h3-4,7,9H,5-6,10-11H2,1-2H3. The van der Waals surface area contributed by atoms with Gasteiger partial charge in [-0.2, -0.15) is 5.26 Å². The van der Waals surface area contributed by atoms with Gasteiger partial charge >= 0.3 is 0 Å². The lowest BCUT2D eigenvalue weighted by atomic mass is 9.69. The Balaban J connectivity index is 1.93. The average molecular weight is 315 g/mol. The topological polar surface area (TPSA) is 66.2 Å². The summed E-state index contributed by atoms with van der Waals surface area (Å²) in [6.45, 7) is 5.23. The molecule has 3 rings (SSSR count). The molecule has 0 aromatic carbocycles. The minimum Gasteiger partial charge on any atom is -0.367 e. The Hall–Kier alpha value is -2.26. The number of halogens is 1. The molecule has 0 N–H and O–H groups in total. The molecule has 0 amide bonds. The molecule has 1 aromatic rings. The Bertz CT molecular complexity index is 706. The molecule has 23 heavy (non-hydrogen) atoms. The van der Waals surface area contributed by atoms with Crippen LogP contribution in [0.25, 0.3) is 0 Å². The van der Waals surface area contributed by atoms with Gasteiger partial charge in [-0.25, -0.2) is 9.37 Å². The molecule has 1 unspecified atom stereocenters. The molecule has 1 fully saturated rings. The van der Waals surface area contributed by atoms with Crippen molar-refractivity contribution in [1.82, 2.24) is 4.98 Å². The minimum absolute atomic E-state index is 0.147. The van der Waals surface area contributed by atoms with Crippen molar-refractivity contribution < 1.29 is 13.9 Å². The third kappa shape index (κ3) is 2.84. The summed E-state index contributed by atoms with van der Waals surface area (Å²) >= 11 is 0. The number of allylic oxidation sites excluding steroid dienone is 1. The maximum absolute atomic E-state index is 13.1. The Kier molecular flexibility index (Phi) is 3.69. The van der Waals surface area contributed by atoms with Gasteiger partial charge in [0, 0.05) is 12.0 Å². The highest BCUT2D eigenvalue weighted by atomic mass is 19.1. The molecule has 0 saturated carbocycles. The third-order valence-electron chi connectivity index (χ3n) is 4.37. The third-order valence-corrected chi connectivity index (χ3v) is 4.37. The Labute approximate surface area is 134 Å². The SMILES string of the molecule is CC1(C)CC2(C=C(C#N)C1=O)CN(c1ccc(F)cn1)CCO2. The lowest BCUT2D eigenvalue weighted by Gasteiger charge is -2.46. The van der Waals surface area contributed by atoms with Crippen LogP contribution in [0.2, 0.25) is 0 Å². The average Bonchev–Trinajstić information content (AvgIpc) is 2.51. The van der Waals surface area contributed by atoms with E-state index in [9.17, 15) is 14.4 Å². The van der Waals surface area contributed by atoms with Crippen LogP contribution >= 0.6 is 0 Å². The van der Waals surface area contributed by atoms with E-state index in [2.05, 4.69) is 4.98 Å². The normalized spacial score (nSPS) is 26.8. The summed E-state index contributed by atoms with van der Waals surface area (Å²) < 4.78 is 19.0. The van der Waals surface area contributed by atoms with Gasteiger partial charge in [0.05, 0.1) is 24.9 Å². The second kappa shape index (κ2) is 5.43. The number of rotatable bonds is 1. The van der Waals surface area contributed by atoms with Crippen LogP contribution in [0.3, 0.4) is 0 Å². The van der Waals surface area contributed by atoms with Gasteiger partial charge in [0.1, 0.15) is 23.3 Å². The van der Waals surface area contributed by atoms with Gasteiger partial charge in [-0.15, -0.1) is 0 Å². The van der Waals surface area contributed by atoms with Crippen LogP contribution in [0, 0.1) is 22.6 Å². The number of pyridine rings is 1. The summed E-state index contributed by atoms with van der Waals surface area (Å²) in [7, 11) is 0. The lowest BCUT2D eigenvalue weighted by Crippen LogP contribution is -2.56. The zero-order chi connectivity index (χ0) is 16.7.